The maximum absolute atomic E-state index is 13.1. The minimum atomic E-state index is -1.93. The van der Waals surface area contributed by atoms with Crippen LogP contribution in [-0.4, -0.2) is 85.3 Å². The molecule has 0 bridgehead atoms. The summed E-state index contributed by atoms with van der Waals surface area (Å²) in [5.41, 5.74) is -1.38. The highest BCUT2D eigenvalue weighted by Gasteiger charge is 2.46. The first-order chi connectivity index (χ1) is 18.7. The van der Waals surface area contributed by atoms with Gasteiger partial charge in [-0.3, -0.25) is 9.69 Å². The molecule has 1 aliphatic heterocycles. The van der Waals surface area contributed by atoms with Gasteiger partial charge < -0.3 is 24.5 Å². The average molecular weight is 616 g/mol. The number of rotatable bonds is 10. The van der Waals surface area contributed by atoms with Crippen LogP contribution in [0.3, 0.4) is 0 Å². The summed E-state index contributed by atoms with van der Waals surface area (Å²) < 4.78 is 17.8. The van der Waals surface area contributed by atoms with Crippen LogP contribution in [0.15, 0.2) is 0 Å². The van der Waals surface area contributed by atoms with E-state index >= 15 is 0 Å². The molecule has 0 spiro atoms. The number of carbonyl (C=O) groups is 3. The third kappa shape index (κ3) is 12.1. The van der Waals surface area contributed by atoms with Gasteiger partial charge in [0.2, 0.25) is 5.91 Å². The van der Waals surface area contributed by atoms with Gasteiger partial charge >= 0.3 is 12.1 Å². The summed E-state index contributed by atoms with van der Waals surface area (Å²) in [6.45, 7) is 23.3. The number of hydrogen-bond acceptors (Lipinski definition) is 8. The second-order valence-electron chi connectivity index (χ2n) is 15.1. The molecule has 0 unspecified atom stereocenters. The van der Waals surface area contributed by atoms with Crippen LogP contribution < -0.4 is 10.6 Å². The summed E-state index contributed by atoms with van der Waals surface area (Å²) in [5.74, 6) is 0.559. The lowest BCUT2D eigenvalue weighted by atomic mass is 9.76. The monoisotopic (exact) mass is 615 g/mol. The summed E-state index contributed by atoms with van der Waals surface area (Å²) >= 11 is 1.36. The summed E-state index contributed by atoms with van der Waals surface area (Å²) in [5, 5.41) is 5.77. The molecule has 41 heavy (non-hydrogen) atoms. The molecule has 4 atom stereocenters. The minimum Gasteiger partial charge on any atom is -0.458 e. The topological polar surface area (TPSA) is 106 Å². The fourth-order valence-electron chi connectivity index (χ4n) is 5.19. The fraction of sp³-hybridized carbons (Fsp3) is 0.900. The van der Waals surface area contributed by atoms with Crippen molar-refractivity contribution in [2.45, 2.75) is 142 Å². The van der Waals surface area contributed by atoms with Crippen LogP contribution in [0, 0.1) is 5.92 Å². The average Bonchev–Trinajstić information content (AvgIpc) is 2.78. The van der Waals surface area contributed by atoms with E-state index in [2.05, 4.69) is 49.4 Å². The molecule has 238 valence electrons. The first kappa shape index (κ1) is 35.9. The number of piperidine rings is 1. The molecule has 9 nitrogen and oxygen atoms in total. The van der Waals surface area contributed by atoms with Crippen molar-refractivity contribution in [2.75, 3.05) is 24.7 Å². The Morgan fingerprint density at radius 1 is 0.927 bits per heavy atom. The Morgan fingerprint density at radius 3 is 2.12 bits per heavy atom. The number of hydrogen-bond donors (Lipinski definition) is 2. The van der Waals surface area contributed by atoms with Crippen molar-refractivity contribution in [3.05, 3.63) is 0 Å². The highest BCUT2D eigenvalue weighted by Crippen LogP contribution is 2.42. The SMILES string of the molecule is CC(C)(C)OC(=O)N[C@@H](CSCNC(=O)CN1CCC[C@@H]2CCC[C@H](O[Si](C)(C)C(C)(C)C)[C@@H]21)C(=O)OC(C)(C)C. The molecule has 2 fully saturated rings. The molecule has 2 amide bonds. The predicted molar refractivity (Wildman–Crippen MR) is 168 cm³/mol. The Kier molecular flexibility index (Phi) is 12.6. The standard InChI is InChI=1S/C30H57N3O6SSi/c1-28(2,3)37-26(35)22(32-27(36)38-29(4,5)6)19-40-20-31-24(34)18-33-17-13-15-21-14-12-16-23(25(21)33)39-41(10,11)30(7,8)9/h21-23,25H,12-20H2,1-11H3,(H,31,34)(H,32,36)/t21-,22-,23-,25+/m0/s1. The number of thioether (sulfide) groups is 1. The second kappa shape index (κ2) is 14.4. The Labute approximate surface area is 254 Å². The van der Waals surface area contributed by atoms with Crippen LogP contribution in [-0.2, 0) is 23.5 Å². The molecule has 1 aliphatic carbocycles. The zero-order chi connectivity index (χ0) is 31.2. The van der Waals surface area contributed by atoms with E-state index in [4.69, 9.17) is 13.9 Å². The van der Waals surface area contributed by atoms with Gasteiger partial charge in [-0.2, -0.15) is 0 Å². The van der Waals surface area contributed by atoms with Crippen molar-refractivity contribution < 1.29 is 28.3 Å². The third-order valence-electron chi connectivity index (χ3n) is 8.01. The van der Waals surface area contributed by atoms with Gasteiger partial charge in [0.05, 0.1) is 18.5 Å². The van der Waals surface area contributed by atoms with E-state index in [1.54, 1.807) is 41.5 Å². The molecule has 0 radical (unpaired) electrons. The van der Waals surface area contributed by atoms with Crippen LogP contribution in [0.1, 0.15) is 94.4 Å². The van der Waals surface area contributed by atoms with Crippen molar-refractivity contribution in [3.63, 3.8) is 0 Å². The van der Waals surface area contributed by atoms with Gasteiger partial charge in [-0.05, 0) is 97.8 Å². The second-order valence-corrected chi connectivity index (χ2v) is 20.8. The quantitative estimate of drug-likeness (QED) is 0.140. The third-order valence-corrected chi connectivity index (χ3v) is 13.4. The van der Waals surface area contributed by atoms with E-state index in [0.717, 1.165) is 19.4 Å². The zero-order valence-electron chi connectivity index (χ0n) is 27.5. The first-order valence-corrected chi connectivity index (χ1v) is 19.2. The molecule has 1 heterocycles. The van der Waals surface area contributed by atoms with Gasteiger partial charge in [0.25, 0.3) is 0 Å². The lowest BCUT2D eigenvalue weighted by Crippen LogP contribution is -2.59. The van der Waals surface area contributed by atoms with Gasteiger partial charge in [0, 0.05) is 11.8 Å². The van der Waals surface area contributed by atoms with Crippen molar-refractivity contribution >= 4 is 38.0 Å². The number of amides is 2. The van der Waals surface area contributed by atoms with Gasteiger partial charge in [-0.25, -0.2) is 9.59 Å². The van der Waals surface area contributed by atoms with Crippen molar-refractivity contribution in [1.29, 1.82) is 0 Å². The Bertz CT molecular complexity index is 894. The number of nitrogens with one attached hydrogen (secondary N) is 2. The van der Waals surface area contributed by atoms with E-state index in [1.807, 2.05) is 0 Å². The summed E-state index contributed by atoms with van der Waals surface area (Å²) in [6, 6.07) is -0.621. The Hall–Kier alpha value is -1.30. The molecular weight excluding hydrogens is 558 g/mol. The number of fused-ring (bicyclic) bond motifs is 1. The van der Waals surface area contributed by atoms with Crippen LogP contribution in [0.25, 0.3) is 0 Å². The van der Waals surface area contributed by atoms with Gasteiger partial charge in [0.15, 0.2) is 8.32 Å². The number of nitrogens with zero attached hydrogens (tertiary/aromatic N) is 1. The maximum atomic E-state index is 13.1. The van der Waals surface area contributed by atoms with E-state index in [-0.39, 0.29) is 28.8 Å². The lowest BCUT2D eigenvalue weighted by molar-refractivity contribution is -0.156. The number of likely N-dealkylation sites (tertiary alicyclic amines) is 1. The van der Waals surface area contributed by atoms with Crippen LogP contribution in [0.5, 0.6) is 0 Å². The summed E-state index contributed by atoms with van der Waals surface area (Å²) in [7, 11) is -1.93. The number of ether oxygens (including phenoxy) is 2. The van der Waals surface area contributed by atoms with Gasteiger partial charge in [0.1, 0.15) is 17.2 Å². The molecule has 1 saturated carbocycles. The van der Waals surface area contributed by atoms with E-state index in [1.165, 1.54) is 31.0 Å². The van der Waals surface area contributed by atoms with Crippen LogP contribution in [0.4, 0.5) is 4.79 Å². The molecule has 2 N–H and O–H groups in total. The molecule has 11 heteroatoms. The minimum absolute atomic E-state index is 0.0382. The van der Waals surface area contributed by atoms with Crippen LogP contribution in [0.2, 0.25) is 18.1 Å². The smallest absolute Gasteiger partial charge is 0.408 e. The lowest BCUT2D eigenvalue weighted by Gasteiger charge is -2.51. The predicted octanol–water partition coefficient (Wildman–Crippen LogP) is 5.68. The Morgan fingerprint density at radius 2 is 1.54 bits per heavy atom. The normalized spacial score (nSPS) is 23.2. The maximum Gasteiger partial charge on any atom is 0.408 e. The van der Waals surface area contributed by atoms with Crippen LogP contribution >= 0.6 is 11.8 Å². The highest BCUT2D eigenvalue weighted by atomic mass is 32.2. The molecule has 0 aromatic heterocycles. The van der Waals surface area contributed by atoms with E-state index < -0.39 is 37.6 Å². The molecule has 0 aromatic carbocycles. The van der Waals surface area contributed by atoms with Crippen molar-refractivity contribution in [1.82, 2.24) is 15.5 Å². The fourth-order valence-corrected chi connectivity index (χ4v) is 7.39. The van der Waals surface area contributed by atoms with Gasteiger partial charge in [-0.1, -0.05) is 27.2 Å². The molecule has 0 aromatic rings. The number of alkyl carbamates (subject to hydrolysis) is 1. The highest BCUT2D eigenvalue weighted by molar-refractivity contribution is 7.99. The van der Waals surface area contributed by atoms with E-state index in [0.29, 0.717) is 18.3 Å². The molecule has 1 saturated heterocycles. The molecular formula is C30H57N3O6SSi. The number of esters is 1. The summed E-state index contributed by atoms with van der Waals surface area (Å²) in [6.07, 6.45) is 5.24. The molecule has 2 aliphatic rings. The van der Waals surface area contributed by atoms with E-state index in [9.17, 15) is 14.4 Å². The van der Waals surface area contributed by atoms with Crippen molar-refractivity contribution in [3.8, 4) is 0 Å². The zero-order valence-corrected chi connectivity index (χ0v) is 29.3. The van der Waals surface area contributed by atoms with Crippen molar-refractivity contribution in [2.24, 2.45) is 5.92 Å². The first-order valence-electron chi connectivity index (χ1n) is 15.2. The molecule has 2 rings (SSSR count). The Balaban J connectivity index is 1.95. The summed E-state index contributed by atoms with van der Waals surface area (Å²) in [4.78, 5) is 40.5. The largest absolute Gasteiger partial charge is 0.458 e. The number of carbonyl (C=O) groups excluding carboxylic acids is 3. The van der Waals surface area contributed by atoms with Gasteiger partial charge in [-0.15, -0.1) is 11.8 Å².